The first-order valence-corrected chi connectivity index (χ1v) is 10.2. The normalized spacial score (nSPS) is 22.9. The number of hydrogen-bond acceptors (Lipinski definition) is 5. The van der Waals surface area contributed by atoms with Crippen LogP contribution >= 0.6 is 0 Å². The minimum Gasteiger partial charge on any atom is -0.490 e. The van der Waals surface area contributed by atoms with E-state index < -0.39 is 17.3 Å². The number of nitrogens with one attached hydrogen (secondary N) is 1. The number of rotatable bonds is 5. The Hall–Kier alpha value is -3.13. The van der Waals surface area contributed by atoms with Crippen molar-refractivity contribution in [1.82, 2.24) is 15.1 Å². The van der Waals surface area contributed by atoms with Crippen LogP contribution in [0, 0.1) is 11.7 Å². The lowest BCUT2D eigenvalue weighted by molar-refractivity contribution is -0.134. The molecule has 2 atom stereocenters. The largest absolute Gasteiger partial charge is 0.490 e. The zero-order valence-corrected chi connectivity index (χ0v) is 17.6. The average Bonchev–Trinajstić information content (AvgIpc) is 3.03. The summed E-state index contributed by atoms with van der Waals surface area (Å²) in [6.45, 7) is 1.80. The van der Waals surface area contributed by atoms with Gasteiger partial charge in [-0.3, -0.25) is 14.5 Å². The molecule has 31 heavy (non-hydrogen) atoms. The van der Waals surface area contributed by atoms with Crippen molar-refractivity contribution in [2.75, 3.05) is 46.9 Å². The fourth-order valence-electron chi connectivity index (χ4n) is 4.24. The van der Waals surface area contributed by atoms with E-state index in [0.29, 0.717) is 30.9 Å². The summed E-state index contributed by atoms with van der Waals surface area (Å²) in [5.41, 5.74) is -0.410. The van der Waals surface area contributed by atoms with Gasteiger partial charge in [0.2, 0.25) is 5.91 Å². The maximum atomic E-state index is 13.8. The summed E-state index contributed by atoms with van der Waals surface area (Å²) in [6.07, 6.45) is 0. The number of ether oxygens (including phenoxy) is 2. The number of likely N-dealkylation sites (tertiary alicyclic amines) is 1. The molecule has 2 aromatic rings. The molecule has 2 aliphatic rings. The maximum Gasteiger partial charge on any atom is 0.255 e. The highest BCUT2D eigenvalue weighted by Gasteiger charge is 2.53. The van der Waals surface area contributed by atoms with Gasteiger partial charge < -0.3 is 19.7 Å². The van der Waals surface area contributed by atoms with E-state index in [1.807, 2.05) is 11.0 Å². The van der Waals surface area contributed by atoms with Gasteiger partial charge in [-0.05, 0) is 24.3 Å². The highest BCUT2D eigenvalue weighted by atomic mass is 19.1. The predicted octanol–water partition coefficient (Wildman–Crippen LogP) is 1.79. The number of carbonyl (C=O) groups excluding carboxylic acids is 2. The summed E-state index contributed by atoms with van der Waals surface area (Å²) in [5.74, 6) is -0.521. The van der Waals surface area contributed by atoms with E-state index in [1.165, 1.54) is 11.0 Å². The molecule has 1 N–H and O–H groups in total. The van der Waals surface area contributed by atoms with Crippen LogP contribution in [0.4, 0.5) is 4.39 Å². The second-order valence-electron chi connectivity index (χ2n) is 8.19. The van der Waals surface area contributed by atoms with E-state index in [-0.39, 0.29) is 30.8 Å². The number of fused-ring (bicyclic) bond motifs is 1. The zero-order valence-electron chi connectivity index (χ0n) is 17.6. The smallest absolute Gasteiger partial charge is 0.255 e. The third-order valence-corrected chi connectivity index (χ3v) is 5.83. The van der Waals surface area contributed by atoms with Crippen molar-refractivity contribution < 1.29 is 23.5 Å². The van der Waals surface area contributed by atoms with Gasteiger partial charge in [-0.25, -0.2) is 4.39 Å². The molecule has 0 unspecified atom stereocenters. The average molecular weight is 427 g/mol. The van der Waals surface area contributed by atoms with Crippen LogP contribution in [0.3, 0.4) is 0 Å². The van der Waals surface area contributed by atoms with Gasteiger partial charge in [-0.2, -0.15) is 0 Å². The maximum absolute atomic E-state index is 13.8. The number of nitrogens with zero attached hydrogens (tertiary/aromatic N) is 2. The van der Waals surface area contributed by atoms with Gasteiger partial charge in [0.1, 0.15) is 19.0 Å². The Morgan fingerprint density at radius 1 is 1.26 bits per heavy atom. The van der Waals surface area contributed by atoms with Crippen molar-refractivity contribution in [3.8, 4) is 11.5 Å². The molecule has 2 heterocycles. The van der Waals surface area contributed by atoms with Gasteiger partial charge in [0.15, 0.2) is 11.6 Å². The summed E-state index contributed by atoms with van der Waals surface area (Å²) in [4.78, 5) is 29.5. The number of carbonyl (C=O) groups is 2. The van der Waals surface area contributed by atoms with Crippen molar-refractivity contribution in [3.63, 3.8) is 0 Å². The van der Waals surface area contributed by atoms with Crippen molar-refractivity contribution in [2.24, 2.45) is 5.92 Å². The molecule has 4 rings (SSSR count). The van der Waals surface area contributed by atoms with Gasteiger partial charge in [-0.1, -0.05) is 24.3 Å². The van der Waals surface area contributed by atoms with Crippen molar-refractivity contribution in [1.29, 1.82) is 0 Å². The molecule has 2 aromatic carbocycles. The second kappa shape index (κ2) is 8.55. The monoisotopic (exact) mass is 427 g/mol. The first-order valence-electron chi connectivity index (χ1n) is 10.2. The summed E-state index contributed by atoms with van der Waals surface area (Å²) in [6, 6.07) is 13.3. The van der Waals surface area contributed by atoms with Gasteiger partial charge in [0.05, 0.1) is 17.0 Å². The van der Waals surface area contributed by atoms with E-state index in [9.17, 15) is 14.0 Å². The number of hydrogen-bond donors (Lipinski definition) is 1. The molecular formula is C23H26FN3O4. The van der Waals surface area contributed by atoms with Crippen LogP contribution in [-0.4, -0.2) is 74.1 Å². The number of amides is 2. The van der Waals surface area contributed by atoms with E-state index in [2.05, 4.69) is 5.32 Å². The lowest BCUT2D eigenvalue weighted by Crippen LogP contribution is -2.60. The molecule has 1 spiro atoms. The van der Waals surface area contributed by atoms with Crippen molar-refractivity contribution in [3.05, 3.63) is 59.9 Å². The van der Waals surface area contributed by atoms with Gasteiger partial charge in [-0.15, -0.1) is 0 Å². The Morgan fingerprint density at radius 3 is 2.77 bits per heavy atom. The molecule has 1 fully saturated rings. The molecule has 7 nitrogen and oxygen atoms in total. The Bertz CT molecular complexity index is 983. The lowest BCUT2D eigenvalue weighted by atomic mass is 9.86. The number of para-hydroxylation sites is 2. The van der Waals surface area contributed by atoms with Crippen LogP contribution in [0.25, 0.3) is 0 Å². The first-order chi connectivity index (χ1) is 14.9. The molecule has 2 aliphatic heterocycles. The SMILES string of the molecule is CN(C)C(=O)[C@H]1CN(CCOc2ccccc2F)C[C@@]12COc1ccccc1C(=O)N2. The van der Waals surface area contributed by atoms with Crippen LogP contribution in [-0.2, 0) is 4.79 Å². The van der Waals surface area contributed by atoms with E-state index in [4.69, 9.17) is 9.47 Å². The third-order valence-electron chi connectivity index (χ3n) is 5.83. The molecule has 0 aliphatic carbocycles. The highest BCUT2D eigenvalue weighted by Crippen LogP contribution is 2.34. The van der Waals surface area contributed by atoms with E-state index >= 15 is 0 Å². The standard InChI is InChI=1S/C23H26FN3O4/c1-26(2)22(29)17-13-27(11-12-30-20-10-6-4-8-18(20)24)14-23(17)15-31-19-9-5-3-7-16(19)21(28)25-23/h3-10,17H,11-15H2,1-2H3,(H,25,28)/t17-,23-/m1/s1. The van der Waals surface area contributed by atoms with E-state index in [0.717, 1.165) is 0 Å². The molecule has 0 aromatic heterocycles. The molecule has 8 heteroatoms. The summed E-state index contributed by atoms with van der Waals surface area (Å²) in [5, 5.41) is 3.09. The van der Waals surface area contributed by atoms with Crippen molar-refractivity contribution >= 4 is 11.8 Å². The molecule has 164 valence electrons. The second-order valence-corrected chi connectivity index (χ2v) is 8.19. The van der Waals surface area contributed by atoms with Crippen LogP contribution in [0.15, 0.2) is 48.5 Å². The summed E-state index contributed by atoms with van der Waals surface area (Å²) < 4.78 is 25.4. The Labute approximate surface area is 180 Å². The van der Waals surface area contributed by atoms with Crippen molar-refractivity contribution in [2.45, 2.75) is 5.54 Å². The summed E-state index contributed by atoms with van der Waals surface area (Å²) >= 11 is 0. The molecule has 0 saturated carbocycles. The Morgan fingerprint density at radius 2 is 2.00 bits per heavy atom. The quantitative estimate of drug-likeness (QED) is 0.788. The lowest BCUT2D eigenvalue weighted by Gasteiger charge is -2.34. The van der Waals surface area contributed by atoms with Crippen LogP contribution < -0.4 is 14.8 Å². The van der Waals surface area contributed by atoms with Crippen LogP contribution in [0.5, 0.6) is 11.5 Å². The molecular weight excluding hydrogens is 401 g/mol. The van der Waals surface area contributed by atoms with Crippen LogP contribution in [0.2, 0.25) is 0 Å². The first kappa shape index (κ1) is 21.1. The fraction of sp³-hybridized carbons (Fsp3) is 0.391. The summed E-state index contributed by atoms with van der Waals surface area (Å²) in [7, 11) is 3.40. The zero-order chi connectivity index (χ0) is 22.0. The van der Waals surface area contributed by atoms with Crippen LogP contribution in [0.1, 0.15) is 10.4 Å². The Kier molecular flexibility index (Phi) is 5.82. The minimum absolute atomic E-state index is 0.0765. The molecule has 2 amide bonds. The molecule has 0 bridgehead atoms. The Balaban J connectivity index is 1.51. The molecule has 1 saturated heterocycles. The highest BCUT2D eigenvalue weighted by molar-refractivity contribution is 5.98. The fourth-order valence-corrected chi connectivity index (χ4v) is 4.24. The topological polar surface area (TPSA) is 71.1 Å². The van der Waals surface area contributed by atoms with E-state index in [1.54, 1.807) is 50.5 Å². The van der Waals surface area contributed by atoms with Gasteiger partial charge >= 0.3 is 0 Å². The minimum atomic E-state index is -0.866. The number of halogens is 1. The van der Waals surface area contributed by atoms with Gasteiger partial charge in [0.25, 0.3) is 5.91 Å². The predicted molar refractivity (Wildman–Crippen MR) is 113 cm³/mol. The molecule has 0 radical (unpaired) electrons. The van der Waals surface area contributed by atoms with Gasteiger partial charge in [0, 0.05) is 33.7 Å². The third kappa shape index (κ3) is 4.20. The number of benzene rings is 2.